The lowest BCUT2D eigenvalue weighted by molar-refractivity contribution is -0.124. The van der Waals surface area contributed by atoms with Crippen LogP contribution in [-0.4, -0.2) is 30.0 Å². The van der Waals surface area contributed by atoms with E-state index in [0.29, 0.717) is 6.54 Å². The monoisotopic (exact) mass is 461 g/mol. The molecular weight excluding hydrogens is 426 g/mol. The van der Waals surface area contributed by atoms with Crippen LogP contribution in [0.15, 0.2) is 28.9 Å². The molecule has 1 amide bonds. The van der Waals surface area contributed by atoms with Crippen LogP contribution in [0.3, 0.4) is 0 Å². The Labute approximate surface area is 184 Å². The highest BCUT2D eigenvalue weighted by atomic mass is 79.9. The smallest absolute Gasteiger partial charge is 0.228 e. The molecule has 0 aliphatic heterocycles. The van der Waals surface area contributed by atoms with Gasteiger partial charge in [0.05, 0.1) is 10.5 Å². The van der Waals surface area contributed by atoms with Gasteiger partial charge < -0.3 is 15.6 Å². The van der Waals surface area contributed by atoms with E-state index in [2.05, 4.69) is 76.6 Å². The van der Waals surface area contributed by atoms with Crippen LogP contribution in [0.1, 0.15) is 65.0 Å². The molecule has 1 aromatic carbocycles. The lowest BCUT2D eigenvalue weighted by Crippen LogP contribution is -2.40. The Morgan fingerprint density at radius 3 is 2.72 bits per heavy atom. The summed E-state index contributed by atoms with van der Waals surface area (Å²) in [5.41, 5.74) is 5.04. The molecule has 1 aliphatic rings. The summed E-state index contributed by atoms with van der Waals surface area (Å²) in [4.78, 5) is 16.3. The number of H-pyrrole nitrogens is 1. The van der Waals surface area contributed by atoms with Crippen molar-refractivity contribution in [1.29, 1.82) is 0 Å². The van der Waals surface area contributed by atoms with Gasteiger partial charge in [-0.15, -0.1) is 0 Å². The van der Waals surface area contributed by atoms with E-state index in [0.717, 1.165) is 42.3 Å². The van der Waals surface area contributed by atoms with Crippen molar-refractivity contribution in [2.75, 3.05) is 13.1 Å². The minimum Gasteiger partial charge on any atom is -0.353 e. The molecule has 0 radical (unpaired) electrons. The second-order valence-electron chi connectivity index (χ2n) is 7.47. The molecule has 3 rings (SSSR count). The fourth-order valence-corrected chi connectivity index (χ4v) is 4.32. The number of hydrogen-bond acceptors (Lipinski definition) is 2. The Balaban J connectivity index is 0.00000145. The zero-order chi connectivity index (χ0) is 21.4. The average molecular weight is 462 g/mol. The molecule has 0 spiro atoms. The quantitative estimate of drug-likeness (QED) is 0.433. The van der Waals surface area contributed by atoms with Crippen LogP contribution in [0.4, 0.5) is 0 Å². The number of carbonyl (C=O) groups is 1. The van der Waals surface area contributed by atoms with Crippen molar-refractivity contribution in [3.05, 3.63) is 40.0 Å². The third kappa shape index (κ3) is 5.73. The van der Waals surface area contributed by atoms with E-state index in [-0.39, 0.29) is 17.9 Å². The van der Waals surface area contributed by atoms with Gasteiger partial charge in [0.25, 0.3) is 0 Å². The summed E-state index contributed by atoms with van der Waals surface area (Å²) >= 11 is 3.66. The van der Waals surface area contributed by atoms with Gasteiger partial charge in [-0.1, -0.05) is 45.9 Å². The third-order valence-electron chi connectivity index (χ3n) is 5.40. The summed E-state index contributed by atoms with van der Waals surface area (Å²) in [6.07, 6.45) is 6.15. The van der Waals surface area contributed by atoms with E-state index in [1.165, 1.54) is 22.1 Å². The molecule has 3 N–H and O–H groups in total. The molecule has 1 aliphatic carbocycles. The summed E-state index contributed by atoms with van der Waals surface area (Å²) in [6.45, 7) is 11.9. The topological polar surface area (TPSA) is 56.9 Å². The summed E-state index contributed by atoms with van der Waals surface area (Å²) in [5.74, 6) is -0.0339. The maximum atomic E-state index is 12.9. The van der Waals surface area contributed by atoms with Crippen LogP contribution in [0.5, 0.6) is 0 Å². The number of rotatable bonds is 8. The van der Waals surface area contributed by atoms with Gasteiger partial charge in [-0.3, -0.25) is 4.79 Å². The predicted octanol–water partition coefficient (Wildman–Crippen LogP) is 5.82. The third-order valence-corrected chi connectivity index (χ3v) is 6.07. The number of aromatic nitrogens is 1. The van der Waals surface area contributed by atoms with Gasteiger partial charge in [0, 0.05) is 23.5 Å². The number of amides is 1. The molecular formula is C24H36BrN3O. The Kier molecular flexibility index (Phi) is 9.44. The van der Waals surface area contributed by atoms with Crippen molar-refractivity contribution < 1.29 is 4.79 Å². The molecule has 0 fully saturated rings. The van der Waals surface area contributed by atoms with Crippen LogP contribution in [0, 0.1) is 5.92 Å². The molecule has 1 heterocycles. The summed E-state index contributed by atoms with van der Waals surface area (Å²) in [5, 5.41) is 7.88. The summed E-state index contributed by atoms with van der Waals surface area (Å²) in [7, 11) is 0. The molecule has 4 nitrogen and oxygen atoms in total. The molecule has 1 unspecified atom stereocenters. The minimum atomic E-state index is -0.153. The average Bonchev–Trinajstić information content (AvgIpc) is 3.07. The lowest BCUT2D eigenvalue weighted by atomic mass is 9.86. The largest absolute Gasteiger partial charge is 0.353 e. The maximum absolute atomic E-state index is 12.9. The van der Waals surface area contributed by atoms with E-state index in [1.807, 2.05) is 13.8 Å². The highest BCUT2D eigenvalue weighted by molar-refractivity contribution is 9.10. The highest BCUT2D eigenvalue weighted by Gasteiger charge is 2.23. The van der Waals surface area contributed by atoms with Gasteiger partial charge in [-0.25, -0.2) is 0 Å². The Bertz CT molecular complexity index is 840. The Morgan fingerprint density at radius 2 is 2.03 bits per heavy atom. The van der Waals surface area contributed by atoms with Crippen LogP contribution in [-0.2, 0) is 11.2 Å². The Morgan fingerprint density at radius 1 is 1.28 bits per heavy atom. The number of hydrogen-bond donors (Lipinski definition) is 3. The fourth-order valence-electron chi connectivity index (χ4n) is 3.71. The van der Waals surface area contributed by atoms with Crippen molar-refractivity contribution in [1.82, 2.24) is 15.6 Å². The van der Waals surface area contributed by atoms with Gasteiger partial charge in [-0.2, -0.15) is 0 Å². The first-order valence-electron chi connectivity index (χ1n) is 11.1. The van der Waals surface area contributed by atoms with Crippen molar-refractivity contribution in [3.63, 3.8) is 0 Å². The van der Waals surface area contributed by atoms with E-state index in [9.17, 15) is 4.79 Å². The van der Waals surface area contributed by atoms with E-state index in [1.54, 1.807) is 0 Å². The van der Waals surface area contributed by atoms with E-state index >= 15 is 0 Å². The lowest BCUT2D eigenvalue weighted by Gasteiger charge is -2.21. The van der Waals surface area contributed by atoms with E-state index in [4.69, 9.17) is 0 Å². The Hall–Kier alpha value is -1.59. The van der Waals surface area contributed by atoms with Crippen molar-refractivity contribution >= 4 is 38.3 Å². The number of aryl methyl sites for hydroxylation is 1. The minimum absolute atomic E-state index is 0.119. The molecule has 1 aromatic heterocycles. The fraction of sp³-hybridized carbons (Fsp3) is 0.542. The first-order valence-corrected chi connectivity index (χ1v) is 11.9. The number of aromatic amines is 1. The van der Waals surface area contributed by atoms with Gasteiger partial charge in [0.15, 0.2) is 0 Å². The second kappa shape index (κ2) is 11.6. The molecule has 0 saturated carbocycles. The van der Waals surface area contributed by atoms with Crippen LogP contribution in [0.2, 0.25) is 0 Å². The maximum Gasteiger partial charge on any atom is 0.228 e. The molecule has 2 atom stereocenters. The number of halogens is 1. The SMILES string of the molecule is CC.CCCNCC(/C=C1\CCc2c(Br)[nH]c3cccc1c23)C(=O)N[C@H](C)CC. The molecule has 2 aromatic rings. The number of nitrogens with one attached hydrogen (secondary N) is 3. The standard InChI is InChI=1S/C22H30BrN3O.C2H6/c1-4-11-24-13-16(22(27)25-14(3)5-2)12-15-9-10-18-20-17(15)7-6-8-19(20)26-21(18)23;1-2/h6-8,12,14,16,24,26H,4-5,9-11,13H2,1-3H3,(H,25,27);1-2H3/b15-12+;/t14-,16?;/m1./s1. The molecule has 29 heavy (non-hydrogen) atoms. The molecule has 0 bridgehead atoms. The normalized spacial score (nSPS) is 16.3. The summed E-state index contributed by atoms with van der Waals surface area (Å²) < 4.78 is 1.08. The predicted molar refractivity (Wildman–Crippen MR) is 128 cm³/mol. The molecule has 0 saturated heterocycles. The first-order chi connectivity index (χ1) is 14.0. The number of allylic oxidation sites excluding steroid dienone is 1. The van der Waals surface area contributed by atoms with E-state index < -0.39 is 0 Å². The zero-order valence-electron chi connectivity index (χ0n) is 18.5. The van der Waals surface area contributed by atoms with Crippen LogP contribution >= 0.6 is 15.9 Å². The van der Waals surface area contributed by atoms with Crippen molar-refractivity contribution in [3.8, 4) is 0 Å². The molecule has 5 heteroatoms. The van der Waals surface area contributed by atoms with Crippen LogP contribution in [0.25, 0.3) is 16.5 Å². The van der Waals surface area contributed by atoms with Gasteiger partial charge in [-0.05, 0) is 77.8 Å². The highest BCUT2D eigenvalue weighted by Crippen LogP contribution is 2.40. The number of carbonyl (C=O) groups excluding carboxylic acids is 1. The summed E-state index contributed by atoms with van der Waals surface area (Å²) in [6, 6.07) is 6.59. The van der Waals surface area contributed by atoms with Crippen LogP contribution < -0.4 is 10.6 Å². The number of benzene rings is 1. The first kappa shape index (κ1) is 23.7. The van der Waals surface area contributed by atoms with Gasteiger partial charge in [0.1, 0.15) is 0 Å². The molecule has 160 valence electrons. The van der Waals surface area contributed by atoms with Crippen molar-refractivity contribution in [2.24, 2.45) is 5.92 Å². The van der Waals surface area contributed by atoms with Crippen molar-refractivity contribution in [2.45, 2.75) is 66.3 Å². The second-order valence-corrected chi connectivity index (χ2v) is 8.26. The zero-order valence-corrected chi connectivity index (χ0v) is 20.1. The van der Waals surface area contributed by atoms with Gasteiger partial charge in [0.2, 0.25) is 5.91 Å². The van der Waals surface area contributed by atoms with Gasteiger partial charge >= 0.3 is 0 Å².